The van der Waals surface area contributed by atoms with E-state index in [2.05, 4.69) is 5.32 Å². The number of halogens is 1. The number of hydrogen-bond acceptors (Lipinski definition) is 3. The van der Waals surface area contributed by atoms with Crippen molar-refractivity contribution in [1.82, 2.24) is 5.32 Å². The van der Waals surface area contributed by atoms with E-state index >= 15 is 0 Å². The van der Waals surface area contributed by atoms with Gasteiger partial charge in [0.25, 0.3) is 5.91 Å². The Bertz CT molecular complexity index is 465. The predicted octanol–water partition coefficient (Wildman–Crippen LogP) is 2.06. The molecule has 1 aromatic rings. The highest BCUT2D eigenvalue weighted by molar-refractivity contribution is 6.33. The molecular formula is C14H19ClN2O2. The van der Waals surface area contributed by atoms with Crippen LogP contribution in [-0.2, 0) is 0 Å². The minimum atomic E-state index is -0.148. The van der Waals surface area contributed by atoms with Gasteiger partial charge >= 0.3 is 0 Å². The van der Waals surface area contributed by atoms with Crippen LogP contribution in [0.25, 0.3) is 0 Å². The van der Waals surface area contributed by atoms with E-state index in [1.54, 1.807) is 18.2 Å². The fourth-order valence-electron chi connectivity index (χ4n) is 2.62. The number of aliphatic hydroxyl groups excluding tert-OH is 1. The van der Waals surface area contributed by atoms with Crippen LogP contribution in [0.1, 0.15) is 29.6 Å². The second kappa shape index (κ2) is 6.26. The lowest BCUT2D eigenvalue weighted by molar-refractivity contribution is 0.0938. The molecule has 0 aromatic heterocycles. The molecule has 1 amide bonds. The van der Waals surface area contributed by atoms with E-state index in [0.29, 0.717) is 34.7 Å². The highest BCUT2D eigenvalue weighted by atomic mass is 35.5. The van der Waals surface area contributed by atoms with Gasteiger partial charge in [0, 0.05) is 18.7 Å². The normalized spacial score (nSPS) is 22.4. The average molecular weight is 283 g/mol. The average Bonchev–Trinajstić information content (AvgIpc) is 2.86. The number of hydrogen-bond donors (Lipinski definition) is 3. The number of benzene rings is 1. The van der Waals surface area contributed by atoms with Crippen LogP contribution in [0.3, 0.4) is 0 Å². The summed E-state index contributed by atoms with van der Waals surface area (Å²) in [4.78, 5) is 12.0. The summed E-state index contributed by atoms with van der Waals surface area (Å²) in [5.41, 5.74) is 6.59. The van der Waals surface area contributed by atoms with Crippen LogP contribution < -0.4 is 11.1 Å². The Morgan fingerprint density at radius 2 is 2.16 bits per heavy atom. The molecule has 4 nitrogen and oxygen atoms in total. The summed E-state index contributed by atoms with van der Waals surface area (Å²) in [5.74, 6) is 0.541. The zero-order chi connectivity index (χ0) is 13.8. The largest absolute Gasteiger partial charge is 0.398 e. The van der Waals surface area contributed by atoms with E-state index in [1.165, 1.54) is 0 Å². The number of rotatable bonds is 4. The van der Waals surface area contributed by atoms with Crippen LogP contribution in [0.2, 0.25) is 5.02 Å². The summed E-state index contributed by atoms with van der Waals surface area (Å²) in [6, 6.07) is 4.86. The lowest BCUT2D eigenvalue weighted by atomic mass is 9.97. The van der Waals surface area contributed by atoms with E-state index < -0.39 is 0 Å². The fraction of sp³-hybridized carbons (Fsp3) is 0.500. The summed E-state index contributed by atoms with van der Waals surface area (Å²) in [7, 11) is 0. The minimum Gasteiger partial charge on any atom is -0.398 e. The smallest absolute Gasteiger partial charge is 0.251 e. The van der Waals surface area contributed by atoms with Gasteiger partial charge in [0.2, 0.25) is 0 Å². The Morgan fingerprint density at radius 3 is 2.84 bits per heavy atom. The molecule has 0 heterocycles. The third-order valence-corrected chi connectivity index (χ3v) is 4.17. The second-order valence-corrected chi connectivity index (χ2v) is 5.49. The van der Waals surface area contributed by atoms with Gasteiger partial charge in [-0.05, 0) is 42.9 Å². The highest BCUT2D eigenvalue weighted by Gasteiger charge is 2.26. The second-order valence-electron chi connectivity index (χ2n) is 5.08. The summed E-state index contributed by atoms with van der Waals surface area (Å²) in [6.07, 6.45) is 3.23. The van der Waals surface area contributed by atoms with E-state index in [0.717, 1.165) is 19.3 Å². The number of carbonyl (C=O) groups excluding carboxylic acids is 1. The molecule has 4 N–H and O–H groups in total. The van der Waals surface area contributed by atoms with E-state index in [4.69, 9.17) is 17.3 Å². The Hall–Kier alpha value is -1.26. The summed E-state index contributed by atoms with van der Waals surface area (Å²) >= 11 is 5.89. The molecule has 1 fully saturated rings. The van der Waals surface area contributed by atoms with Gasteiger partial charge in [0.05, 0.1) is 10.7 Å². The van der Waals surface area contributed by atoms with Crippen molar-refractivity contribution < 1.29 is 9.90 Å². The number of nitrogen functional groups attached to an aromatic ring is 1. The molecule has 1 saturated carbocycles. The Labute approximate surface area is 117 Å². The van der Waals surface area contributed by atoms with Crippen molar-refractivity contribution in [2.24, 2.45) is 11.8 Å². The van der Waals surface area contributed by atoms with Crippen LogP contribution in [0.15, 0.2) is 18.2 Å². The molecule has 1 aliphatic rings. The van der Waals surface area contributed by atoms with Gasteiger partial charge in [-0.15, -0.1) is 0 Å². The SMILES string of the molecule is Nc1ccc(C(=O)NCC2CCCC2CO)cc1Cl. The number of anilines is 1. The number of carbonyl (C=O) groups is 1. The molecular weight excluding hydrogens is 264 g/mol. The van der Waals surface area contributed by atoms with Gasteiger partial charge in [-0.3, -0.25) is 4.79 Å². The molecule has 2 unspecified atom stereocenters. The van der Waals surface area contributed by atoms with Crippen molar-refractivity contribution >= 4 is 23.2 Å². The monoisotopic (exact) mass is 282 g/mol. The van der Waals surface area contributed by atoms with Crippen molar-refractivity contribution in [1.29, 1.82) is 0 Å². The molecule has 19 heavy (non-hydrogen) atoms. The molecule has 0 aliphatic heterocycles. The first-order valence-corrected chi connectivity index (χ1v) is 6.93. The number of nitrogens with one attached hydrogen (secondary N) is 1. The molecule has 104 valence electrons. The maximum atomic E-state index is 12.0. The molecule has 2 atom stereocenters. The maximum Gasteiger partial charge on any atom is 0.251 e. The Balaban J connectivity index is 1.92. The van der Waals surface area contributed by atoms with Crippen LogP contribution in [0.4, 0.5) is 5.69 Å². The lowest BCUT2D eigenvalue weighted by Crippen LogP contribution is -2.31. The molecule has 0 saturated heterocycles. The van der Waals surface area contributed by atoms with Gasteiger partial charge < -0.3 is 16.2 Å². The third-order valence-electron chi connectivity index (χ3n) is 3.84. The van der Waals surface area contributed by atoms with E-state index in [1.807, 2.05) is 0 Å². The predicted molar refractivity (Wildman–Crippen MR) is 76.1 cm³/mol. The van der Waals surface area contributed by atoms with Crippen LogP contribution in [-0.4, -0.2) is 24.2 Å². The van der Waals surface area contributed by atoms with Gasteiger partial charge in [-0.25, -0.2) is 0 Å². The molecule has 2 rings (SSSR count). The maximum absolute atomic E-state index is 12.0. The third kappa shape index (κ3) is 3.39. The first kappa shape index (κ1) is 14.2. The van der Waals surface area contributed by atoms with Crippen molar-refractivity contribution in [3.05, 3.63) is 28.8 Å². The summed E-state index contributed by atoms with van der Waals surface area (Å²) in [5, 5.41) is 12.5. The van der Waals surface area contributed by atoms with E-state index in [9.17, 15) is 9.90 Å². The number of aliphatic hydroxyl groups is 1. The van der Waals surface area contributed by atoms with Crippen molar-refractivity contribution in [3.63, 3.8) is 0 Å². The fourth-order valence-corrected chi connectivity index (χ4v) is 2.80. The van der Waals surface area contributed by atoms with Crippen molar-refractivity contribution in [2.75, 3.05) is 18.9 Å². The Kier molecular flexibility index (Phi) is 4.66. The van der Waals surface area contributed by atoms with Gasteiger partial charge in [0.1, 0.15) is 0 Å². The highest BCUT2D eigenvalue weighted by Crippen LogP contribution is 2.30. The van der Waals surface area contributed by atoms with Crippen LogP contribution in [0, 0.1) is 11.8 Å². The zero-order valence-corrected chi connectivity index (χ0v) is 11.5. The van der Waals surface area contributed by atoms with Crippen molar-refractivity contribution in [2.45, 2.75) is 19.3 Å². The Morgan fingerprint density at radius 1 is 1.42 bits per heavy atom. The van der Waals surface area contributed by atoms with Gasteiger partial charge in [0.15, 0.2) is 0 Å². The number of amides is 1. The minimum absolute atomic E-state index is 0.148. The molecule has 5 heteroatoms. The van der Waals surface area contributed by atoms with Crippen LogP contribution in [0.5, 0.6) is 0 Å². The van der Waals surface area contributed by atoms with Gasteiger partial charge in [-0.2, -0.15) is 0 Å². The molecule has 0 radical (unpaired) electrons. The van der Waals surface area contributed by atoms with Gasteiger partial charge in [-0.1, -0.05) is 18.0 Å². The zero-order valence-electron chi connectivity index (χ0n) is 10.7. The molecule has 0 bridgehead atoms. The standard InChI is InChI=1S/C14H19ClN2O2/c15-12-6-9(4-5-13(12)16)14(19)17-7-10-2-1-3-11(10)8-18/h4-6,10-11,18H,1-3,7-8,16H2,(H,17,19). The number of nitrogens with two attached hydrogens (primary N) is 1. The lowest BCUT2D eigenvalue weighted by Gasteiger charge is -2.17. The molecule has 1 aromatic carbocycles. The quantitative estimate of drug-likeness (QED) is 0.740. The molecule has 0 spiro atoms. The van der Waals surface area contributed by atoms with E-state index in [-0.39, 0.29) is 12.5 Å². The van der Waals surface area contributed by atoms with Crippen LogP contribution >= 0.6 is 11.6 Å². The summed E-state index contributed by atoms with van der Waals surface area (Å²) < 4.78 is 0. The first-order chi connectivity index (χ1) is 9.11. The van der Waals surface area contributed by atoms with Crippen molar-refractivity contribution in [3.8, 4) is 0 Å². The summed E-state index contributed by atoms with van der Waals surface area (Å²) in [6.45, 7) is 0.806. The first-order valence-electron chi connectivity index (χ1n) is 6.56. The molecule has 1 aliphatic carbocycles. The topological polar surface area (TPSA) is 75.4 Å².